The summed E-state index contributed by atoms with van der Waals surface area (Å²) in [5.74, 6) is 0.574. The number of hydrogen-bond acceptors (Lipinski definition) is 0. The van der Waals surface area contributed by atoms with Gasteiger partial charge in [0.05, 0.1) is 0 Å². The molecule has 1 N–H and O–H groups in total. The van der Waals surface area contributed by atoms with E-state index >= 15 is 0 Å². The van der Waals surface area contributed by atoms with Crippen LogP contribution in [0.2, 0.25) is 0 Å². The van der Waals surface area contributed by atoms with Crippen LogP contribution in [0.3, 0.4) is 0 Å². The highest BCUT2D eigenvalue weighted by Crippen LogP contribution is 2.20. The lowest BCUT2D eigenvalue weighted by Gasteiger charge is -2.03. The standard InChI is InChI=1S/C15H19N/c1-11(2)15-12(3)9-14(16-15)10-13-7-5-4-6-8-13/h4-9,11,16H,10H2,1-3H3. The van der Waals surface area contributed by atoms with Crippen molar-refractivity contribution in [2.75, 3.05) is 0 Å². The smallest absolute Gasteiger partial charge is 0.0205 e. The third kappa shape index (κ3) is 2.35. The summed E-state index contributed by atoms with van der Waals surface area (Å²) in [7, 11) is 0. The van der Waals surface area contributed by atoms with Crippen LogP contribution in [0.1, 0.15) is 42.3 Å². The van der Waals surface area contributed by atoms with Gasteiger partial charge in [-0.2, -0.15) is 0 Å². The van der Waals surface area contributed by atoms with Crippen LogP contribution in [0.25, 0.3) is 0 Å². The molecule has 0 fully saturated rings. The van der Waals surface area contributed by atoms with Crippen molar-refractivity contribution in [3.05, 3.63) is 58.9 Å². The SMILES string of the molecule is Cc1cc(Cc2ccccc2)[nH]c1C(C)C. The Morgan fingerprint density at radius 2 is 1.81 bits per heavy atom. The summed E-state index contributed by atoms with van der Waals surface area (Å²) in [6, 6.07) is 12.9. The third-order valence-electron chi connectivity index (χ3n) is 2.93. The van der Waals surface area contributed by atoms with E-state index in [1.54, 1.807) is 0 Å². The molecule has 84 valence electrons. The van der Waals surface area contributed by atoms with E-state index < -0.39 is 0 Å². The first kappa shape index (κ1) is 11.0. The van der Waals surface area contributed by atoms with Crippen LogP contribution < -0.4 is 0 Å². The van der Waals surface area contributed by atoms with Gasteiger partial charge in [-0.25, -0.2) is 0 Å². The van der Waals surface area contributed by atoms with Gasteiger partial charge in [0.25, 0.3) is 0 Å². The van der Waals surface area contributed by atoms with Crippen molar-refractivity contribution in [1.29, 1.82) is 0 Å². The van der Waals surface area contributed by atoms with Gasteiger partial charge in [0.15, 0.2) is 0 Å². The molecule has 0 aliphatic rings. The van der Waals surface area contributed by atoms with Crippen LogP contribution in [0, 0.1) is 6.92 Å². The molecular weight excluding hydrogens is 194 g/mol. The summed E-state index contributed by atoms with van der Waals surface area (Å²) >= 11 is 0. The first-order valence-corrected chi connectivity index (χ1v) is 5.89. The van der Waals surface area contributed by atoms with E-state index in [9.17, 15) is 0 Å². The summed E-state index contributed by atoms with van der Waals surface area (Å²) in [4.78, 5) is 3.53. The molecular formula is C15H19N. The topological polar surface area (TPSA) is 15.8 Å². The number of H-pyrrole nitrogens is 1. The van der Waals surface area contributed by atoms with E-state index in [-0.39, 0.29) is 0 Å². The summed E-state index contributed by atoms with van der Waals surface area (Å²) in [6.07, 6.45) is 0.994. The zero-order chi connectivity index (χ0) is 11.5. The van der Waals surface area contributed by atoms with Crippen molar-refractivity contribution in [2.24, 2.45) is 0 Å². The molecule has 1 heterocycles. The highest BCUT2D eigenvalue weighted by Gasteiger charge is 2.07. The van der Waals surface area contributed by atoms with E-state index in [2.05, 4.69) is 62.2 Å². The Labute approximate surface area is 97.5 Å². The maximum atomic E-state index is 3.53. The maximum absolute atomic E-state index is 3.53. The van der Waals surface area contributed by atoms with Crippen LogP contribution in [0.5, 0.6) is 0 Å². The number of aromatic nitrogens is 1. The number of aryl methyl sites for hydroxylation is 1. The summed E-state index contributed by atoms with van der Waals surface area (Å²) in [5, 5.41) is 0. The molecule has 0 amide bonds. The van der Waals surface area contributed by atoms with Crippen molar-refractivity contribution in [2.45, 2.75) is 33.1 Å². The molecule has 1 nitrogen and oxygen atoms in total. The molecule has 0 spiro atoms. The largest absolute Gasteiger partial charge is 0.362 e. The minimum atomic E-state index is 0.574. The number of rotatable bonds is 3. The lowest BCUT2D eigenvalue weighted by Crippen LogP contribution is -1.92. The molecule has 16 heavy (non-hydrogen) atoms. The Morgan fingerprint density at radius 3 is 2.38 bits per heavy atom. The van der Waals surface area contributed by atoms with Crippen LogP contribution in [0.15, 0.2) is 36.4 Å². The number of aromatic amines is 1. The van der Waals surface area contributed by atoms with E-state index in [1.165, 1.54) is 22.5 Å². The predicted molar refractivity (Wildman–Crippen MR) is 68.9 cm³/mol. The molecule has 0 saturated carbocycles. The first-order chi connectivity index (χ1) is 7.66. The maximum Gasteiger partial charge on any atom is 0.0205 e. The van der Waals surface area contributed by atoms with E-state index in [0.29, 0.717) is 5.92 Å². The molecule has 0 aliphatic carbocycles. The second-order valence-electron chi connectivity index (χ2n) is 4.71. The van der Waals surface area contributed by atoms with Gasteiger partial charge in [0.1, 0.15) is 0 Å². The quantitative estimate of drug-likeness (QED) is 0.792. The average Bonchev–Trinajstić information content (AvgIpc) is 2.61. The zero-order valence-corrected chi connectivity index (χ0v) is 10.2. The van der Waals surface area contributed by atoms with Gasteiger partial charge in [-0.1, -0.05) is 44.2 Å². The number of nitrogens with one attached hydrogen (secondary N) is 1. The molecule has 2 aromatic rings. The molecule has 0 unspecified atom stereocenters. The van der Waals surface area contributed by atoms with Crippen molar-refractivity contribution in [3.8, 4) is 0 Å². The molecule has 0 atom stereocenters. The van der Waals surface area contributed by atoms with E-state index in [4.69, 9.17) is 0 Å². The highest BCUT2D eigenvalue weighted by atomic mass is 14.7. The minimum absolute atomic E-state index is 0.574. The van der Waals surface area contributed by atoms with Crippen LogP contribution in [0.4, 0.5) is 0 Å². The van der Waals surface area contributed by atoms with Gasteiger partial charge in [-0.15, -0.1) is 0 Å². The molecule has 0 aliphatic heterocycles. The lowest BCUT2D eigenvalue weighted by atomic mass is 10.1. The molecule has 1 aromatic carbocycles. The molecule has 0 saturated heterocycles. The Balaban J connectivity index is 2.20. The molecule has 2 rings (SSSR count). The van der Waals surface area contributed by atoms with Gasteiger partial charge in [0.2, 0.25) is 0 Å². The number of hydrogen-bond donors (Lipinski definition) is 1. The Morgan fingerprint density at radius 1 is 1.12 bits per heavy atom. The molecule has 0 bridgehead atoms. The van der Waals surface area contributed by atoms with Crippen LogP contribution >= 0.6 is 0 Å². The number of benzene rings is 1. The summed E-state index contributed by atoms with van der Waals surface area (Å²) in [5.41, 5.74) is 5.42. The highest BCUT2D eigenvalue weighted by molar-refractivity contribution is 5.30. The first-order valence-electron chi connectivity index (χ1n) is 5.89. The Hall–Kier alpha value is -1.50. The van der Waals surface area contributed by atoms with Crippen LogP contribution in [-0.4, -0.2) is 4.98 Å². The second-order valence-corrected chi connectivity index (χ2v) is 4.71. The molecule has 1 heteroatoms. The average molecular weight is 213 g/mol. The zero-order valence-electron chi connectivity index (χ0n) is 10.2. The monoisotopic (exact) mass is 213 g/mol. The normalized spacial score (nSPS) is 11.0. The fourth-order valence-electron chi connectivity index (χ4n) is 2.16. The summed E-state index contributed by atoms with van der Waals surface area (Å²) in [6.45, 7) is 6.64. The van der Waals surface area contributed by atoms with Gasteiger partial charge < -0.3 is 4.98 Å². The third-order valence-corrected chi connectivity index (χ3v) is 2.93. The molecule has 1 aromatic heterocycles. The van der Waals surface area contributed by atoms with Crippen molar-refractivity contribution >= 4 is 0 Å². The van der Waals surface area contributed by atoms with Crippen molar-refractivity contribution in [3.63, 3.8) is 0 Å². The fourth-order valence-corrected chi connectivity index (χ4v) is 2.16. The van der Waals surface area contributed by atoms with Gasteiger partial charge in [-0.05, 0) is 30.0 Å². The van der Waals surface area contributed by atoms with Crippen molar-refractivity contribution < 1.29 is 0 Å². The van der Waals surface area contributed by atoms with Gasteiger partial charge >= 0.3 is 0 Å². The van der Waals surface area contributed by atoms with Crippen molar-refractivity contribution in [1.82, 2.24) is 4.98 Å². The molecule has 0 radical (unpaired) electrons. The van der Waals surface area contributed by atoms with Crippen LogP contribution in [-0.2, 0) is 6.42 Å². The van der Waals surface area contributed by atoms with E-state index in [0.717, 1.165) is 6.42 Å². The summed E-state index contributed by atoms with van der Waals surface area (Å²) < 4.78 is 0. The minimum Gasteiger partial charge on any atom is -0.362 e. The second kappa shape index (κ2) is 4.56. The fraction of sp³-hybridized carbons (Fsp3) is 0.333. The van der Waals surface area contributed by atoms with Gasteiger partial charge in [0, 0.05) is 17.8 Å². The Bertz CT molecular complexity index is 452. The lowest BCUT2D eigenvalue weighted by molar-refractivity contribution is 0.817. The Kier molecular flexibility index (Phi) is 3.14. The predicted octanol–water partition coefficient (Wildman–Crippen LogP) is 4.04. The van der Waals surface area contributed by atoms with E-state index in [1.807, 2.05) is 0 Å². The van der Waals surface area contributed by atoms with Gasteiger partial charge in [-0.3, -0.25) is 0 Å².